The Labute approximate surface area is 213 Å². The molecule has 0 unspecified atom stereocenters. The molecule has 0 fully saturated rings. The third-order valence-electron chi connectivity index (χ3n) is 6.05. The lowest BCUT2D eigenvalue weighted by atomic mass is 10.0. The number of aromatic carboxylic acids is 1. The first-order valence-corrected chi connectivity index (χ1v) is 12.1. The maximum atomic E-state index is 12.7. The van der Waals surface area contributed by atoms with Gasteiger partial charge in [-0.1, -0.05) is 36.8 Å². The highest BCUT2D eigenvalue weighted by atomic mass is 19.4. The number of imidazole rings is 1. The van der Waals surface area contributed by atoms with Crippen LogP contribution >= 0.6 is 0 Å². The molecule has 200 valence electrons. The zero-order valence-electron chi connectivity index (χ0n) is 21.4. The van der Waals surface area contributed by atoms with Gasteiger partial charge >= 0.3 is 12.1 Å². The summed E-state index contributed by atoms with van der Waals surface area (Å²) < 4.78 is 49.7. The predicted molar refractivity (Wildman–Crippen MR) is 135 cm³/mol. The van der Waals surface area contributed by atoms with Crippen LogP contribution in [0.25, 0.3) is 0 Å². The molecule has 0 bridgehead atoms. The zero-order chi connectivity index (χ0) is 27.3. The highest BCUT2D eigenvalue weighted by Crippen LogP contribution is 2.36. The fourth-order valence-corrected chi connectivity index (χ4v) is 4.61. The molecule has 0 atom stereocenters. The molecule has 2 N–H and O–H groups in total. The lowest BCUT2D eigenvalue weighted by Gasteiger charge is -2.22. The van der Waals surface area contributed by atoms with Gasteiger partial charge in [0, 0.05) is 31.9 Å². The summed E-state index contributed by atoms with van der Waals surface area (Å²) >= 11 is 0. The second-order valence-corrected chi connectivity index (χ2v) is 9.09. The minimum atomic E-state index is -4.14. The summed E-state index contributed by atoms with van der Waals surface area (Å²) in [5.74, 6) is -0.524. The SMILES string of the molecule is CCc1nc2n(c1C(=O)O)CCN2c1c(C)cc(C)cc1C.Fc1cccc(CNCCC(F)(F)F)c1. The molecular formula is C27H32F4N4O2. The first-order chi connectivity index (χ1) is 17.4. The van der Waals surface area contributed by atoms with Crippen LogP contribution in [-0.2, 0) is 19.5 Å². The fraction of sp³-hybridized carbons (Fsp3) is 0.407. The smallest absolute Gasteiger partial charge is 0.390 e. The van der Waals surface area contributed by atoms with Crippen molar-refractivity contribution in [3.63, 3.8) is 0 Å². The molecule has 1 aliphatic heterocycles. The summed E-state index contributed by atoms with van der Waals surface area (Å²) in [7, 11) is 0. The maximum absolute atomic E-state index is 12.7. The average molecular weight is 521 g/mol. The standard InChI is InChI=1S/C17H21N3O2.C10H11F4N/c1-5-13-15(16(21)22)20-7-6-19(17(20)18-13)14-11(3)8-10(2)9-12(14)4;11-9-3-1-2-8(6-9)7-15-5-4-10(12,13)14/h8-9H,5-7H2,1-4H3,(H,21,22);1-3,6,15H,4-5,7H2. The zero-order valence-corrected chi connectivity index (χ0v) is 21.4. The molecule has 0 radical (unpaired) electrons. The van der Waals surface area contributed by atoms with Crippen molar-refractivity contribution in [1.29, 1.82) is 0 Å². The highest BCUT2D eigenvalue weighted by Gasteiger charge is 2.31. The molecule has 0 aliphatic carbocycles. The quantitative estimate of drug-likeness (QED) is 0.292. The molecule has 2 aromatic carbocycles. The van der Waals surface area contributed by atoms with Gasteiger partial charge in [-0.25, -0.2) is 14.2 Å². The van der Waals surface area contributed by atoms with Crippen molar-refractivity contribution < 1.29 is 27.5 Å². The topological polar surface area (TPSA) is 70.4 Å². The predicted octanol–water partition coefficient (Wildman–Crippen LogP) is 6.09. The second-order valence-electron chi connectivity index (χ2n) is 9.09. The van der Waals surface area contributed by atoms with E-state index < -0.39 is 18.6 Å². The molecule has 0 saturated carbocycles. The number of rotatable bonds is 7. The number of halogens is 4. The van der Waals surface area contributed by atoms with Crippen molar-refractivity contribution >= 4 is 17.6 Å². The highest BCUT2D eigenvalue weighted by molar-refractivity contribution is 5.88. The molecule has 37 heavy (non-hydrogen) atoms. The first-order valence-electron chi connectivity index (χ1n) is 12.1. The minimum Gasteiger partial charge on any atom is -0.477 e. The summed E-state index contributed by atoms with van der Waals surface area (Å²) in [5.41, 5.74) is 6.41. The molecule has 0 saturated heterocycles. The van der Waals surface area contributed by atoms with Gasteiger partial charge in [-0.15, -0.1) is 0 Å². The fourth-order valence-electron chi connectivity index (χ4n) is 4.61. The Morgan fingerprint density at radius 3 is 2.35 bits per heavy atom. The van der Waals surface area contributed by atoms with Crippen molar-refractivity contribution in [2.24, 2.45) is 0 Å². The molecular weight excluding hydrogens is 488 g/mol. The van der Waals surface area contributed by atoms with Gasteiger partial charge in [0.15, 0.2) is 5.69 Å². The van der Waals surface area contributed by atoms with Crippen LogP contribution in [0.15, 0.2) is 36.4 Å². The summed E-state index contributed by atoms with van der Waals surface area (Å²) in [5, 5.41) is 12.1. The van der Waals surface area contributed by atoms with Crippen LogP contribution in [0.3, 0.4) is 0 Å². The Morgan fingerprint density at radius 1 is 1.11 bits per heavy atom. The number of carboxylic acids is 1. The number of benzene rings is 2. The number of fused-ring (bicyclic) bond motifs is 1. The van der Waals surface area contributed by atoms with Crippen LogP contribution < -0.4 is 10.2 Å². The minimum absolute atomic E-state index is 0.153. The van der Waals surface area contributed by atoms with Crippen molar-refractivity contribution in [3.05, 3.63) is 75.9 Å². The molecule has 0 amide bonds. The second kappa shape index (κ2) is 11.8. The normalized spacial score (nSPS) is 12.8. The van der Waals surface area contributed by atoms with Gasteiger partial charge in [-0.3, -0.25) is 0 Å². The molecule has 2 heterocycles. The Bertz CT molecular complexity index is 1230. The average Bonchev–Trinajstić information content (AvgIpc) is 3.35. The largest absolute Gasteiger partial charge is 0.477 e. The third kappa shape index (κ3) is 7.09. The van der Waals surface area contributed by atoms with Gasteiger partial charge in [0.2, 0.25) is 5.95 Å². The van der Waals surface area contributed by atoms with Crippen LogP contribution in [0.2, 0.25) is 0 Å². The molecule has 1 aromatic heterocycles. The van der Waals surface area contributed by atoms with E-state index >= 15 is 0 Å². The third-order valence-corrected chi connectivity index (χ3v) is 6.05. The number of carbonyl (C=O) groups is 1. The van der Waals surface area contributed by atoms with E-state index in [2.05, 4.69) is 48.1 Å². The maximum Gasteiger partial charge on any atom is 0.390 e. The van der Waals surface area contributed by atoms with Crippen LogP contribution in [0.1, 0.15) is 51.8 Å². The van der Waals surface area contributed by atoms with Crippen LogP contribution in [0, 0.1) is 26.6 Å². The van der Waals surface area contributed by atoms with E-state index in [1.54, 1.807) is 6.07 Å². The molecule has 10 heteroatoms. The summed E-state index contributed by atoms with van der Waals surface area (Å²) in [6.45, 7) is 9.74. The Balaban J connectivity index is 0.000000222. The summed E-state index contributed by atoms with van der Waals surface area (Å²) in [4.78, 5) is 18.3. The van der Waals surface area contributed by atoms with Crippen molar-refractivity contribution in [3.8, 4) is 0 Å². The Kier molecular flexibility index (Phi) is 8.96. The summed E-state index contributed by atoms with van der Waals surface area (Å²) in [6.07, 6.45) is -4.39. The molecule has 6 nitrogen and oxygen atoms in total. The van der Waals surface area contributed by atoms with Crippen LogP contribution in [-0.4, -0.2) is 39.9 Å². The van der Waals surface area contributed by atoms with E-state index in [-0.39, 0.29) is 18.9 Å². The number of nitrogens with one attached hydrogen (secondary N) is 1. The number of hydrogen-bond donors (Lipinski definition) is 2. The van der Waals surface area contributed by atoms with Crippen molar-refractivity contribution in [2.75, 3.05) is 18.0 Å². The van der Waals surface area contributed by atoms with Gasteiger partial charge in [0.25, 0.3) is 0 Å². The van der Waals surface area contributed by atoms with Crippen LogP contribution in [0.4, 0.5) is 29.2 Å². The molecule has 0 spiro atoms. The van der Waals surface area contributed by atoms with E-state index in [1.165, 1.54) is 34.9 Å². The monoisotopic (exact) mass is 520 g/mol. The molecule has 4 rings (SSSR count). The number of aromatic nitrogens is 2. The number of hydrogen-bond acceptors (Lipinski definition) is 4. The molecule has 3 aromatic rings. The number of alkyl halides is 3. The number of aryl methyl sites for hydroxylation is 4. The summed E-state index contributed by atoms with van der Waals surface area (Å²) in [6, 6.07) is 10.1. The van der Waals surface area contributed by atoms with Gasteiger partial charge < -0.3 is 19.9 Å². The van der Waals surface area contributed by atoms with E-state index in [0.29, 0.717) is 29.9 Å². The number of nitrogens with zero attached hydrogens (tertiary/aromatic N) is 3. The van der Waals surface area contributed by atoms with Crippen LogP contribution in [0.5, 0.6) is 0 Å². The van der Waals surface area contributed by atoms with Crippen molar-refractivity contribution in [2.45, 2.75) is 59.8 Å². The van der Waals surface area contributed by atoms with E-state index in [9.17, 15) is 27.5 Å². The Hall–Kier alpha value is -3.40. The van der Waals surface area contributed by atoms with E-state index in [4.69, 9.17) is 0 Å². The lowest BCUT2D eigenvalue weighted by Crippen LogP contribution is -2.21. The number of anilines is 2. The first kappa shape index (κ1) is 28.2. The van der Waals surface area contributed by atoms with Gasteiger partial charge in [0.05, 0.1) is 12.1 Å². The van der Waals surface area contributed by atoms with E-state index in [0.717, 1.165) is 18.2 Å². The van der Waals surface area contributed by atoms with Crippen molar-refractivity contribution in [1.82, 2.24) is 14.9 Å². The Morgan fingerprint density at radius 2 is 1.78 bits per heavy atom. The lowest BCUT2D eigenvalue weighted by molar-refractivity contribution is -0.133. The van der Waals surface area contributed by atoms with Gasteiger partial charge in [0.1, 0.15) is 5.82 Å². The van der Waals surface area contributed by atoms with Gasteiger partial charge in [-0.05, 0) is 56.0 Å². The number of carboxylic acid groups (broad SMARTS) is 1. The van der Waals surface area contributed by atoms with Gasteiger partial charge in [-0.2, -0.15) is 13.2 Å². The van der Waals surface area contributed by atoms with E-state index in [1.807, 2.05) is 11.5 Å². The molecule has 1 aliphatic rings.